The van der Waals surface area contributed by atoms with Gasteiger partial charge in [0.25, 0.3) is 0 Å². The number of halogens is 4. The summed E-state index contributed by atoms with van der Waals surface area (Å²) in [5.41, 5.74) is -1.85. The fourth-order valence-corrected chi connectivity index (χ4v) is 2.28. The maximum Gasteiger partial charge on any atom is 0.416 e. The topological polar surface area (TPSA) is 69.6 Å². The van der Waals surface area contributed by atoms with E-state index in [1.165, 1.54) is 4.90 Å². The molecular formula is C14H14F4N2O3. The Morgan fingerprint density at radius 2 is 2.04 bits per heavy atom. The van der Waals surface area contributed by atoms with E-state index in [1.807, 2.05) is 5.32 Å². The predicted octanol–water partition coefficient (Wildman–Crippen LogP) is 1.62. The number of amides is 2. The number of carbonyl (C=O) groups is 2. The van der Waals surface area contributed by atoms with Gasteiger partial charge in [0.15, 0.2) is 0 Å². The van der Waals surface area contributed by atoms with Crippen LogP contribution in [0, 0.1) is 11.7 Å². The van der Waals surface area contributed by atoms with Crippen LogP contribution < -0.4 is 5.32 Å². The van der Waals surface area contributed by atoms with Gasteiger partial charge < -0.3 is 15.3 Å². The highest BCUT2D eigenvalue weighted by Crippen LogP contribution is 2.31. The number of alkyl halides is 3. The summed E-state index contributed by atoms with van der Waals surface area (Å²) in [6, 6.07) is 1.54. The second-order valence-electron chi connectivity index (χ2n) is 5.23. The molecule has 0 spiro atoms. The Kier molecular flexibility index (Phi) is 4.88. The molecule has 9 heteroatoms. The summed E-state index contributed by atoms with van der Waals surface area (Å²) < 4.78 is 51.3. The summed E-state index contributed by atoms with van der Waals surface area (Å²) in [6.07, 6.45) is -4.17. The summed E-state index contributed by atoms with van der Waals surface area (Å²) >= 11 is 0. The van der Waals surface area contributed by atoms with Gasteiger partial charge in [0.2, 0.25) is 0 Å². The Morgan fingerprint density at radius 3 is 2.61 bits per heavy atom. The van der Waals surface area contributed by atoms with Crippen LogP contribution >= 0.6 is 0 Å². The highest BCUT2D eigenvalue weighted by molar-refractivity contribution is 6.39. The molecule has 0 aromatic heterocycles. The number of nitrogens with one attached hydrogen (secondary N) is 1. The van der Waals surface area contributed by atoms with E-state index in [9.17, 15) is 27.2 Å². The highest BCUT2D eigenvalue weighted by Gasteiger charge is 2.33. The molecule has 2 amide bonds. The van der Waals surface area contributed by atoms with Crippen LogP contribution in [0.15, 0.2) is 18.2 Å². The average molecular weight is 334 g/mol. The SMILES string of the molecule is O=C(Nc1cc(C(F)(F)F)ccc1F)C(=O)N1CCC(CO)C1. The lowest BCUT2D eigenvalue weighted by atomic mass is 10.1. The summed E-state index contributed by atoms with van der Waals surface area (Å²) in [7, 11) is 0. The Balaban J connectivity index is 2.09. The van der Waals surface area contributed by atoms with Crippen molar-refractivity contribution in [2.24, 2.45) is 5.92 Å². The molecule has 1 aliphatic rings. The van der Waals surface area contributed by atoms with Gasteiger partial charge in [-0.25, -0.2) is 4.39 Å². The van der Waals surface area contributed by atoms with Crippen molar-refractivity contribution in [3.05, 3.63) is 29.6 Å². The molecular weight excluding hydrogens is 320 g/mol. The minimum atomic E-state index is -4.69. The molecule has 1 aromatic carbocycles. The Morgan fingerprint density at radius 1 is 1.35 bits per heavy atom. The van der Waals surface area contributed by atoms with Crippen molar-refractivity contribution in [2.45, 2.75) is 12.6 Å². The molecule has 5 nitrogen and oxygen atoms in total. The maximum absolute atomic E-state index is 13.5. The van der Waals surface area contributed by atoms with Gasteiger partial charge in [-0.05, 0) is 24.6 Å². The number of benzene rings is 1. The standard InChI is InChI=1S/C14H14F4N2O3/c15-10-2-1-9(14(16,17)18)5-11(10)19-12(22)13(23)20-4-3-8(6-20)7-21/h1-2,5,8,21H,3-4,6-7H2,(H,19,22). The Labute approximate surface area is 128 Å². The van der Waals surface area contributed by atoms with Crippen LogP contribution in [0.3, 0.4) is 0 Å². The molecule has 2 N–H and O–H groups in total. The summed E-state index contributed by atoms with van der Waals surface area (Å²) in [5.74, 6) is -3.41. The van der Waals surface area contributed by atoms with Gasteiger partial charge in [0.1, 0.15) is 5.82 Å². The van der Waals surface area contributed by atoms with Gasteiger partial charge >= 0.3 is 18.0 Å². The number of hydrogen-bond donors (Lipinski definition) is 2. The molecule has 0 bridgehead atoms. The molecule has 23 heavy (non-hydrogen) atoms. The van der Waals surface area contributed by atoms with E-state index >= 15 is 0 Å². The zero-order chi connectivity index (χ0) is 17.2. The number of likely N-dealkylation sites (tertiary alicyclic amines) is 1. The van der Waals surface area contributed by atoms with E-state index in [0.29, 0.717) is 24.6 Å². The van der Waals surface area contributed by atoms with Gasteiger partial charge in [0.05, 0.1) is 11.3 Å². The average Bonchev–Trinajstić information content (AvgIpc) is 2.96. The molecule has 2 rings (SSSR count). The fourth-order valence-electron chi connectivity index (χ4n) is 2.28. The zero-order valence-corrected chi connectivity index (χ0v) is 11.9. The minimum absolute atomic E-state index is 0.131. The summed E-state index contributed by atoms with van der Waals surface area (Å²) in [4.78, 5) is 24.9. The lowest BCUT2D eigenvalue weighted by molar-refractivity contribution is -0.142. The number of aliphatic hydroxyl groups excluding tert-OH is 1. The normalized spacial score (nSPS) is 18.1. The van der Waals surface area contributed by atoms with Gasteiger partial charge in [-0.15, -0.1) is 0 Å². The van der Waals surface area contributed by atoms with Crippen molar-refractivity contribution < 1.29 is 32.3 Å². The molecule has 0 aliphatic carbocycles. The summed E-state index contributed by atoms with van der Waals surface area (Å²) in [5, 5.41) is 10.9. The molecule has 1 heterocycles. The third-order valence-electron chi connectivity index (χ3n) is 3.57. The number of anilines is 1. The molecule has 1 saturated heterocycles. The number of nitrogens with zero attached hydrogens (tertiary/aromatic N) is 1. The van der Waals surface area contributed by atoms with Crippen LogP contribution in [0.5, 0.6) is 0 Å². The zero-order valence-electron chi connectivity index (χ0n) is 11.9. The number of aliphatic hydroxyl groups is 1. The first-order chi connectivity index (χ1) is 10.7. The molecule has 1 aliphatic heterocycles. The van der Waals surface area contributed by atoms with Crippen LogP contribution in [0.25, 0.3) is 0 Å². The first kappa shape index (κ1) is 17.2. The first-order valence-electron chi connectivity index (χ1n) is 6.80. The third kappa shape index (κ3) is 3.98. The van der Waals surface area contributed by atoms with E-state index in [-0.39, 0.29) is 25.6 Å². The summed E-state index contributed by atoms with van der Waals surface area (Å²) in [6.45, 7) is 0.296. The van der Waals surface area contributed by atoms with Crippen molar-refractivity contribution in [2.75, 3.05) is 25.0 Å². The quantitative estimate of drug-likeness (QED) is 0.638. The van der Waals surface area contributed by atoms with Gasteiger partial charge in [0, 0.05) is 25.6 Å². The maximum atomic E-state index is 13.5. The van der Waals surface area contributed by atoms with Crippen molar-refractivity contribution in [1.82, 2.24) is 4.90 Å². The van der Waals surface area contributed by atoms with Gasteiger partial charge in [-0.3, -0.25) is 9.59 Å². The number of rotatable bonds is 2. The first-order valence-corrected chi connectivity index (χ1v) is 6.80. The molecule has 1 fully saturated rings. The second kappa shape index (κ2) is 6.53. The van der Waals surface area contributed by atoms with Crippen molar-refractivity contribution in [1.29, 1.82) is 0 Å². The van der Waals surface area contributed by atoms with Gasteiger partial charge in [-0.1, -0.05) is 0 Å². The smallest absolute Gasteiger partial charge is 0.396 e. The second-order valence-corrected chi connectivity index (χ2v) is 5.23. The van der Waals surface area contributed by atoms with E-state index in [4.69, 9.17) is 5.11 Å². The molecule has 126 valence electrons. The monoisotopic (exact) mass is 334 g/mol. The fraction of sp³-hybridized carbons (Fsp3) is 0.429. The van der Waals surface area contributed by atoms with Crippen molar-refractivity contribution >= 4 is 17.5 Å². The molecule has 1 atom stereocenters. The van der Waals surface area contributed by atoms with Crippen molar-refractivity contribution in [3.8, 4) is 0 Å². The molecule has 1 unspecified atom stereocenters. The van der Waals surface area contributed by atoms with Crippen LogP contribution in [0.1, 0.15) is 12.0 Å². The Hall–Kier alpha value is -2.16. The Bertz CT molecular complexity index is 619. The van der Waals surface area contributed by atoms with Gasteiger partial charge in [-0.2, -0.15) is 13.2 Å². The number of hydrogen-bond acceptors (Lipinski definition) is 3. The lowest BCUT2D eigenvalue weighted by Crippen LogP contribution is -2.38. The molecule has 0 radical (unpaired) electrons. The third-order valence-corrected chi connectivity index (χ3v) is 3.57. The van der Waals surface area contributed by atoms with Crippen LogP contribution in [-0.2, 0) is 15.8 Å². The van der Waals surface area contributed by atoms with Crippen LogP contribution in [0.4, 0.5) is 23.2 Å². The minimum Gasteiger partial charge on any atom is -0.396 e. The lowest BCUT2D eigenvalue weighted by Gasteiger charge is -2.16. The molecule has 1 aromatic rings. The highest BCUT2D eigenvalue weighted by atomic mass is 19.4. The number of carbonyl (C=O) groups excluding carboxylic acids is 2. The van der Waals surface area contributed by atoms with Crippen LogP contribution in [-0.4, -0.2) is 41.5 Å². The largest absolute Gasteiger partial charge is 0.416 e. The van der Waals surface area contributed by atoms with E-state index in [2.05, 4.69) is 0 Å². The van der Waals surface area contributed by atoms with E-state index in [0.717, 1.165) is 0 Å². The van der Waals surface area contributed by atoms with Crippen LogP contribution in [0.2, 0.25) is 0 Å². The van der Waals surface area contributed by atoms with E-state index in [1.54, 1.807) is 0 Å². The molecule has 0 saturated carbocycles. The van der Waals surface area contributed by atoms with E-state index < -0.39 is 35.1 Å². The van der Waals surface area contributed by atoms with Crippen molar-refractivity contribution in [3.63, 3.8) is 0 Å². The predicted molar refractivity (Wildman–Crippen MR) is 71.8 cm³/mol.